The number of likely N-dealkylation sites (N-methyl/N-ethyl adjacent to an activating group) is 2. The number of carbonyl (C=O) groups excluding carboxylic acids is 2. The number of nitrogens with zero attached hydrogens (tertiary/aromatic N) is 4. The number of aliphatic hydroxyl groups excluding tert-OH is 1. The molecule has 0 bridgehead atoms. The summed E-state index contributed by atoms with van der Waals surface area (Å²) in [4.78, 5) is 33.7. The third-order valence-electron chi connectivity index (χ3n) is 5.81. The van der Waals surface area contributed by atoms with Crippen LogP contribution >= 0.6 is 11.6 Å². The second kappa shape index (κ2) is 10.3. The standard InChI is InChI=1S/C25H25ClF2N4O5/c1-25(27,28)37-18-6-4-5-17(13-18)36-24-29-21-20(32(24)14-15-7-9-16(26)10-8-15)23(35)30(2)19(11-12-33)22(34)31(21)3/h4-10,13,19,33H,11-12,14H2,1-3H3/t19-/m1/s1. The molecule has 1 aromatic heterocycles. The zero-order chi connectivity index (χ0) is 26.9. The lowest BCUT2D eigenvalue weighted by Gasteiger charge is -2.26. The Hall–Kier alpha value is -3.70. The molecule has 0 unspecified atom stereocenters. The van der Waals surface area contributed by atoms with E-state index < -0.39 is 24.0 Å². The van der Waals surface area contributed by atoms with Crippen molar-refractivity contribution in [2.45, 2.75) is 32.0 Å². The first-order valence-electron chi connectivity index (χ1n) is 11.3. The molecule has 9 nitrogen and oxygen atoms in total. The van der Waals surface area contributed by atoms with Crippen LogP contribution in [0.5, 0.6) is 17.5 Å². The van der Waals surface area contributed by atoms with Crippen LogP contribution < -0.4 is 14.4 Å². The number of benzene rings is 2. The van der Waals surface area contributed by atoms with Crippen LogP contribution in [0.1, 0.15) is 29.4 Å². The smallest absolute Gasteiger partial charge is 0.394 e. The van der Waals surface area contributed by atoms with E-state index in [9.17, 15) is 23.5 Å². The van der Waals surface area contributed by atoms with E-state index in [0.29, 0.717) is 11.9 Å². The summed E-state index contributed by atoms with van der Waals surface area (Å²) in [5.41, 5.74) is 0.856. The number of imidazole rings is 1. The minimum atomic E-state index is -3.39. The van der Waals surface area contributed by atoms with Gasteiger partial charge in [-0.05, 0) is 36.2 Å². The highest BCUT2D eigenvalue weighted by Gasteiger charge is 2.40. The topological polar surface area (TPSA) is 97.1 Å². The molecule has 12 heteroatoms. The Bertz CT molecular complexity index is 1310. The Morgan fingerprint density at radius 3 is 2.43 bits per heavy atom. The number of anilines is 1. The van der Waals surface area contributed by atoms with Crippen LogP contribution in [0, 0.1) is 0 Å². The van der Waals surface area contributed by atoms with Gasteiger partial charge in [-0.2, -0.15) is 13.8 Å². The van der Waals surface area contributed by atoms with Crippen LogP contribution in [0.4, 0.5) is 14.6 Å². The molecule has 0 spiro atoms. The minimum Gasteiger partial charge on any atom is -0.433 e. The van der Waals surface area contributed by atoms with E-state index in [-0.39, 0.29) is 48.6 Å². The number of hydrogen-bond acceptors (Lipinski definition) is 6. The molecule has 0 aliphatic carbocycles. The summed E-state index contributed by atoms with van der Waals surface area (Å²) in [6.07, 6.45) is -3.33. The fraction of sp³-hybridized carbons (Fsp3) is 0.320. The van der Waals surface area contributed by atoms with Crippen molar-refractivity contribution in [1.82, 2.24) is 14.5 Å². The number of ether oxygens (including phenoxy) is 2. The summed E-state index contributed by atoms with van der Waals surface area (Å²) in [6.45, 7) is 0.466. The molecule has 1 N–H and O–H groups in total. The van der Waals surface area contributed by atoms with Gasteiger partial charge in [-0.1, -0.05) is 29.8 Å². The Labute approximate surface area is 216 Å². The van der Waals surface area contributed by atoms with Crippen molar-refractivity contribution in [2.75, 3.05) is 25.6 Å². The van der Waals surface area contributed by atoms with Gasteiger partial charge in [-0.15, -0.1) is 0 Å². The molecule has 37 heavy (non-hydrogen) atoms. The lowest BCUT2D eigenvalue weighted by molar-refractivity contribution is -0.159. The third kappa shape index (κ3) is 5.67. The maximum absolute atomic E-state index is 13.6. The molecule has 0 saturated carbocycles. The van der Waals surface area contributed by atoms with Gasteiger partial charge in [-0.25, -0.2) is 0 Å². The molecular weight excluding hydrogens is 510 g/mol. The maximum atomic E-state index is 13.6. The van der Waals surface area contributed by atoms with Crippen molar-refractivity contribution in [3.63, 3.8) is 0 Å². The highest BCUT2D eigenvalue weighted by atomic mass is 35.5. The second-order valence-corrected chi connectivity index (χ2v) is 9.04. The van der Waals surface area contributed by atoms with Crippen molar-refractivity contribution in [3.8, 4) is 17.5 Å². The first-order valence-corrected chi connectivity index (χ1v) is 11.7. The normalized spacial score (nSPS) is 16.0. The van der Waals surface area contributed by atoms with E-state index in [4.69, 9.17) is 16.3 Å². The number of amides is 2. The SMILES string of the molecule is CN1C(=O)[C@@H](CCO)N(C)C(=O)c2c1nc(Oc1cccc(OC(C)(F)F)c1)n2Cc1ccc(Cl)cc1. The maximum Gasteiger partial charge on any atom is 0.394 e. The van der Waals surface area contributed by atoms with Crippen molar-refractivity contribution >= 4 is 29.2 Å². The molecule has 2 aromatic carbocycles. The fourth-order valence-corrected chi connectivity index (χ4v) is 4.14. The van der Waals surface area contributed by atoms with Gasteiger partial charge in [-0.3, -0.25) is 19.1 Å². The quantitative estimate of drug-likeness (QED) is 0.466. The largest absolute Gasteiger partial charge is 0.433 e. The molecule has 0 fully saturated rings. The van der Waals surface area contributed by atoms with Crippen molar-refractivity contribution in [3.05, 3.63) is 64.8 Å². The minimum absolute atomic E-state index is 0.0395. The summed E-state index contributed by atoms with van der Waals surface area (Å²) in [6, 6.07) is 11.6. The molecule has 4 rings (SSSR count). The van der Waals surface area contributed by atoms with E-state index in [1.54, 1.807) is 24.3 Å². The summed E-state index contributed by atoms with van der Waals surface area (Å²) in [7, 11) is 2.97. The predicted molar refractivity (Wildman–Crippen MR) is 132 cm³/mol. The highest BCUT2D eigenvalue weighted by molar-refractivity contribution is 6.30. The lowest BCUT2D eigenvalue weighted by atomic mass is 10.1. The first-order chi connectivity index (χ1) is 17.5. The average Bonchev–Trinajstić information content (AvgIpc) is 3.16. The van der Waals surface area contributed by atoms with Gasteiger partial charge >= 0.3 is 12.1 Å². The van der Waals surface area contributed by atoms with E-state index >= 15 is 0 Å². The number of fused-ring (bicyclic) bond motifs is 1. The van der Waals surface area contributed by atoms with E-state index in [1.165, 1.54) is 52.7 Å². The van der Waals surface area contributed by atoms with Crippen LogP contribution in [0.25, 0.3) is 0 Å². The van der Waals surface area contributed by atoms with E-state index in [1.807, 2.05) is 0 Å². The highest BCUT2D eigenvalue weighted by Crippen LogP contribution is 2.35. The molecular formula is C25H25ClF2N4O5. The van der Waals surface area contributed by atoms with Gasteiger partial charge in [0.25, 0.3) is 11.8 Å². The molecule has 2 amide bonds. The lowest BCUT2D eigenvalue weighted by Crippen LogP contribution is -2.46. The Balaban J connectivity index is 1.81. The van der Waals surface area contributed by atoms with Gasteiger partial charge in [0.05, 0.1) is 6.54 Å². The molecule has 1 aliphatic rings. The molecule has 1 atom stereocenters. The number of aliphatic hydroxyl groups is 1. The second-order valence-electron chi connectivity index (χ2n) is 8.61. The van der Waals surface area contributed by atoms with Gasteiger partial charge in [0, 0.05) is 38.7 Å². The molecule has 0 radical (unpaired) electrons. The number of rotatable bonds is 8. The third-order valence-corrected chi connectivity index (χ3v) is 6.06. The number of carbonyl (C=O) groups is 2. The Morgan fingerprint density at radius 1 is 1.11 bits per heavy atom. The van der Waals surface area contributed by atoms with Crippen LogP contribution in [-0.2, 0) is 11.3 Å². The number of halogens is 3. The van der Waals surface area contributed by atoms with Crippen molar-refractivity contribution < 1.29 is 33.0 Å². The predicted octanol–water partition coefficient (Wildman–Crippen LogP) is 4.17. The number of aromatic nitrogens is 2. The van der Waals surface area contributed by atoms with Gasteiger partial charge in [0.1, 0.15) is 17.5 Å². The molecule has 1 aliphatic heterocycles. The van der Waals surface area contributed by atoms with E-state index in [2.05, 4.69) is 9.72 Å². The summed E-state index contributed by atoms with van der Waals surface area (Å²) < 4.78 is 38.8. The van der Waals surface area contributed by atoms with Crippen LogP contribution in [0.15, 0.2) is 48.5 Å². The van der Waals surface area contributed by atoms with E-state index in [0.717, 1.165) is 5.56 Å². The molecule has 0 saturated heterocycles. The Morgan fingerprint density at radius 2 is 1.78 bits per heavy atom. The van der Waals surface area contributed by atoms with Crippen molar-refractivity contribution in [2.24, 2.45) is 0 Å². The van der Waals surface area contributed by atoms with Crippen LogP contribution in [-0.4, -0.2) is 64.2 Å². The van der Waals surface area contributed by atoms with Gasteiger partial charge in [0.15, 0.2) is 11.5 Å². The zero-order valence-electron chi connectivity index (χ0n) is 20.3. The summed E-state index contributed by atoms with van der Waals surface area (Å²) in [5.74, 6) is -0.847. The average molecular weight is 535 g/mol. The molecule has 196 valence electrons. The van der Waals surface area contributed by atoms with Crippen molar-refractivity contribution in [1.29, 1.82) is 0 Å². The monoisotopic (exact) mass is 534 g/mol. The number of alkyl halides is 2. The first kappa shape index (κ1) is 26.4. The summed E-state index contributed by atoms with van der Waals surface area (Å²) in [5, 5.41) is 9.97. The van der Waals surface area contributed by atoms with Crippen LogP contribution in [0.3, 0.4) is 0 Å². The molecule has 3 aromatic rings. The van der Waals surface area contributed by atoms with Gasteiger partial charge in [0.2, 0.25) is 0 Å². The molecule has 2 heterocycles. The number of hydrogen-bond donors (Lipinski definition) is 1. The van der Waals surface area contributed by atoms with Gasteiger partial charge < -0.3 is 19.5 Å². The Kier molecular flexibility index (Phi) is 7.37. The fourth-order valence-electron chi connectivity index (χ4n) is 4.02. The van der Waals surface area contributed by atoms with Crippen LogP contribution in [0.2, 0.25) is 5.02 Å². The zero-order valence-corrected chi connectivity index (χ0v) is 21.1. The summed E-state index contributed by atoms with van der Waals surface area (Å²) >= 11 is 6.02.